The zero-order valence-electron chi connectivity index (χ0n) is 16.5. The first-order chi connectivity index (χ1) is 15.0. The first kappa shape index (κ1) is 20.6. The van der Waals surface area contributed by atoms with E-state index in [1.165, 1.54) is 0 Å². The third kappa shape index (κ3) is 4.59. The van der Waals surface area contributed by atoms with Crippen molar-refractivity contribution in [3.8, 4) is 0 Å². The Morgan fingerprint density at radius 2 is 1.74 bits per heavy atom. The van der Waals surface area contributed by atoms with Crippen LogP contribution in [-0.2, 0) is 27.9 Å². The number of nitrogens with zero attached hydrogens (tertiary/aromatic N) is 3. The molecule has 1 N–H and O–H groups in total. The van der Waals surface area contributed by atoms with Gasteiger partial charge in [-0.25, -0.2) is 9.97 Å². The number of hydrogen-bond acceptors (Lipinski definition) is 5. The number of carboxylic acids is 1. The molecule has 0 saturated carbocycles. The van der Waals surface area contributed by atoms with Crippen molar-refractivity contribution >= 4 is 33.6 Å². The molecule has 0 aliphatic heterocycles. The molecule has 31 heavy (non-hydrogen) atoms. The molecule has 156 valence electrons. The molecule has 1 unspecified atom stereocenters. The van der Waals surface area contributed by atoms with Crippen LogP contribution in [0.25, 0.3) is 11.0 Å². The van der Waals surface area contributed by atoms with Gasteiger partial charge in [-0.15, -0.1) is 0 Å². The van der Waals surface area contributed by atoms with Crippen LogP contribution < -0.4 is 0 Å². The van der Waals surface area contributed by atoms with Crippen molar-refractivity contribution < 1.29 is 18.9 Å². The molecule has 0 fully saturated rings. The molecule has 4 rings (SSSR count). The lowest BCUT2D eigenvalue weighted by atomic mass is 10.0. The van der Waals surface area contributed by atoms with Gasteiger partial charge >= 0.3 is 5.97 Å². The third-order valence-corrected chi connectivity index (χ3v) is 6.03. The Hall–Kier alpha value is -3.65. The molecule has 0 saturated heterocycles. The van der Waals surface area contributed by atoms with E-state index in [4.69, 9.17) is 5.11 Å². The Morgan fingerprint density at radius 1 is 0.968 bits per heavy atom. The van der Waals surface area contributed by atoms with Crippen LogP contribution in [0, 0.1) is 0 Å². The standard InChI is InChI=1S/C23H19N3O4S/c27-22(28)11-13-26-19-10-9-17(23(29)16-6-2-1-3-7-16)14-18(19)25-20(26)15-31(30)21-8-4-5-12-24-21/h1-10,12,14H,11,13,15H2,(H,27,28). The quantitative estimate of drug-likeness (QED) is 0.427. The Kier molecular flexibility index (Phi) is 5.99. The Balaban J connectivity index is 1.71. The van der Waals surface area contributed by atoms with Crippen molar-refractivity contribution in [1.82, 2.24) is 14.5 Å². The van der Waals surface area contributed by atoms with E-state index < -0.39 is 16.8 Å². The van der Waals surface area contributed by atoms with Crippen LogP contribution in [0.5, 0.6) is 0 Å². The number of aliphatic carboxylic acids is 1. The highest BCUT2D eigenvalue weighted by atomic mass is 32.2. The number of aromatic nitrogens is 3. The smallest absolute Gasteiger partial charge is 0.305 e. The normalized spacial score (nSPS) is 12.0. The van der Waals surface area contributed by atoms with E-state index in [0.717, 1.165) is 0 Å². The highest BCUT2D eigenvalue weighted by molar-refractivity contribution is 7.84. The summed E-state index contributed by atoms with van der Waals surface area (Å²) in [5.74, 6) is -0.479. The number of aryl methyl sites for hydroxylation is 1. The first-order valence-corrected chi connectivity index (χ1v) is 10.9. The number of rotatable bonds is 8. The summed E-state index contributed by atoms with van der Waals surface area (Å²) in [5.41, 5.74) is 2.31. The van der Waals surface area contributed by atoms with Crippen LogP contribution in [0.3, 0.4) is 0 Å². The van der Waals surface area contributed by atoms with Gasteiger partial charge in [0.25, 0.3) is 0 Å². The summed E-state index contributed by atoms with van der Waals surface area (Å²) >= 11 is 0. The summed E-state index contributed by atoms with van der Waals surface area (Å²) in [6.07, 6.45) is 1.47. The highest BCUT2D eigenvalue weighted by Crippen LogP contribution is 2.22. The van der Waals surface area contributed by atoms with E-state index in [-0.39, 0.29) is 24.5 Å². The van der Waals surface area contributed by atoms with Gasteiger partial charge in [0.1, 0.15) is 10.9 Å². The van der Waals surface area contributed by atoms with Crippen molar-refractivity contribution in [2.75, 3.05) is 0 Å². The lowest BCUT2D eigenvalue weighted by Gasteiger charge is -2.08. The lowest BCUT2D eigenvalue weighted by molar-refractivity contribution is -0.137. The number of pyridine rings is 1. The zero-order chi connectivity index (χ0) is 21.8. The molecule has 0 aliphatic rings. The molecule has 1 atom stereocenters. The van der Waals surface area contributed by atoms with E-state index in [0.29, 0.717) is 33.0 Å². The molecule has 2 heterocycles. The monoisotopic (exact) mass is 433 g/mol. The second-order valence-electron chi connectivity index (χ2n) is 6.88. The molecular weight excluding hydrogens is 414 g/mol. The average molecular weight is 433 g/mol. The van der Waals surface area contributed by atoms with Gasteiger partial charge < -0.3 is 9.67 Å². The summed E-state index contributed by atoms with van der Waals surface area (Å²) in [4.78, 5) is 32.6. The number of imidazole rings is 1. The SMILES string of the molecule is O=C(O)CCn1c(CS(=O)c2ccccn2)nc2cc(C(=O)c3ccccc3)ccc21. The van der Waals surface area contributed by atoms with E-state index in [1.807, 2.05) is 6.07 Å². The molecule has 0 bridgehead atoms. The molecule has 7 nitrogen and oxygen atoms in total. The summed E-state index contributed by atoms with van der Waals surface area (Å²) in [7, 11) is -1.44. The number of carboxylic acid groups (broad SMARTS) is 1. The van der Waals surface area contributed by atoms with Crippen LogP contribution in [0.4, 0.5) is 0 Å². The van der Waals surface area contributed by atoms with E-state index in [9.17, 15) is 13.8 Å². The van der Waals surface area contributed by atoms with Gasteiger partial charge in [-0.2, -0.15) is 0 Å². The number of carbonyl (C=O) groups excluding carboxylic acids is 1. The fraction of sp³-hybridized carbons (Fsp3) is 0.130. The predicted molar refractivity (Wildman–Crippen MR) is 116 cm³/mol. The number of fused-ring (bicyclic) bond motifs is 1. The van der Waals surface area contributed by atoms with Crippen molar-refractivity contribution in [3.63, 3.8) is 0 Å². The van der Waals surface area contributed by atoms with Gasteiger partial charge in [0, 0.05) is 23.9 Å². The molecule has 2 aromatic heterocycles. The van der Waals surface area contributed by atoms with Gasteiger partial charge in [-0.1, -0.05) is 36.4 Å². The Morgan fingerprint density at radius 3 is 2.45 bits per heavy atom. The van der Waals surface area contributed by atoms with Crippen LogP contribution in [-0.4, -0.2) is 35.6 Å². The van der Waals surface area contributed by atoms with Crippen molar-refractivity contribution in [2.24, 2.45) is 0 Å². The molecule has 0 aliphatic carbocycles. The number of ketones is 1. The molecule has 8 heteroatoms. The van der Waals surface area contributed by atoms with E-state index >= 15 is 0 Å². The summed E-state index contributed by atoms with van der Waals surface area (Å²) in [6.45, 7) is 0.187. The third-order valence-electron chi connectivity index (χ3n) is 4.81. The van der Waals surface area contributed by atoms with Gasteiger partial charge in [0.05, 0.1) is 34.0 Å². The summed E-state index contributed by atoms with van der Waals surface area (Å²) in [6, 6.07) is 19.3. The fourth-order valence-electron chi connectivity index (χ4n) is 3.32. The van der Waals surface area contributed by atoms with Gasteiger partial charge in [-0.05, 0) is 30.3 Å². The number of carbonyl (C=O) groups is 2. The maximum absolute atomic E-state index is 12.8. The van der Waals surface area contributed by atoms with Gasteiger partial charge in [-0.3, -0.25) is 13.8 Å². The maximum Gasteiger partial charge on any atom is 0.305 e. The summed E-state index contributed by atoms with van der Waals surface area (Å²) < 4.78 is 14.5. The minimum absolute atomic E-state index is 0.0906. The first-order valence-electron chi connectivity index (χ1n) is 9.63. The Labute approximate surface area is 180 Å². The van der Waals surface area contributed by atoms with Crippen molar-refractivity contribution in [3.05, 3.63) is 89.9 Å². The predicted octanol–water partition coefficient (Wildman–Crippen LogP) is 3.44. The van der Waals surface area contributed by atoms with Gasteiger partial charge in [0.15, 0.2) is 5.78 Å². The van der Waals surface area contributed by atoms with Crippen molar-refractivity contribution in [1.29, 1.82) is 0 Å². The molecule has 4 aromatic rings. The van der Waals surface area contributed by atoms with Crippen LogP contribution >= 0.6 is 0 Å². The molecule has 0 amide bonds. The second-order valence-corrected chi connectivity index (χ2v) is 8.28. The fourth-order valence-corrected chi connectivity index (χ4v) is 4.33. The Bertz CT molecular complexity index is 1270. The van der Waals surface area contributed by atoms with E-state index in [2.05, 4.69) is 9.97 Å². The van der Waals surface area contributed by atoms with Crippen LogP contribution in [0.2, 0.25) is 0 Å². The maximum atomic E-state index is 12.8. The number of hydrogen-bond donors (Lipinski definition) is 1. The van der Waals surface area contributed by atoms with Gasteiger partial charge in [0.2, 0.25) is 0 Å². The highest BCUT2D eigenvalue weighted by Gasteiger charge is 2.18. The topological polar surface area (TPSA) is 102 Å². The van der Waals surface area contributed by atoms with Crippen LogP contribution in [0.1, 0.15) is 28.2 Å². The lowest BCUT2D eigenvalue weighted by Crippen LogP contribution is -2.10. The van der Waals surface area contributed by atoms with Crippen molar-refractivity contribution in [2.45, 2.75) is 23.7 Å². The molecule has 0 radical (unpaired) electrons. The minimum Gasteiger partial charge on any atom is -0.481 e. The second kappa shape index (κ2) is 9.01. The largest absolute Gasteiger partial charge is 0.481 e. The molecule has 2 aromatic carbocycles. The number of benzene rings is 2. The zero-order valence-corrected chi connectivity index (χ0v) is 17.3. The summed E-state index contributed by atoms with van der Waals surface area (Å²) in [5, 5.41) is 9.56. The van der Waals surface area contributed by atoms with Crippen LogP contribution in [0.15, 0.2) is 78.0 Å². The molecular formula is C23H19N3O4S. The van der Waals surface area contributed by atoms with E-state index in [1.54, 1.807) is 71.4 Å². The minimum atomic E-state index is -1.44. The average Bonchev–Trinajstić information content (AvgIpc) is 3.14. The molecule has 0 spiro atoms.